The van der Waals surface area contributed by atoms with Gasteiger partial charge in [0.05, 0.1) is 42.4 Å². The van der Waals surface area contributed by atoms with Crippen LogP contribution in [0.5, 0.6) is 0 Å². The number of methoxy groups -OCH3 is 1. The van der Waals surface area contributed by atoms with Crippen LogP contribution in [0.2, 0.25) is 10.3 Å². The third-order valence-corrected chi connectivity index (χ3v) is 16.1. The number of hydrogen-bond donors (Lipinski definition) is 3. The topological polar surface area (TPSA) is 288 Å². The minimum Gasteiger partial charge on any atom is -0.545 e. The quantitative estimate of drug-likeness (QED) is 0.111. The van der Waals surface area contributed by atoms with E-state index in [1.54, 1.807) is 18.3 Å². The van der Waals surface area contributed by atoms with E-state index >= 15 is 0 Å². The summed E-state index contributed by atoms with van der Waals surface area (Å²) in [5, 5.41) is 13.7. The molecule has 4 atom stereocenters. The molecule has 9 rings (SSSR count). The first kappa shape index (κ1) is 66.1. The number of esters is 1. The van der Waals surface area contributed by atoms with E-state index in [4.69, 9.17) is 49.1 Å². The molecular formula is C57H80Cl2LiN15O8. The number of anilines is 4. The fourth-order valence-corrected chi connectivity index (χ4v) is 11.5. The smallest absolute Gasteiger partial charge is 0.545 e. The van der Waals surface area contributed by atoms with Crippen molar-refractivity contribution in [2.75, 3.05) is 80.7 Å². The van der Waals surface area contributed by atoms with E-state index < -0.39 is 17.5 Å². The first-order valence-corrected chi connectivity index (χ1v) is 29.1. The van der Waals surface area contributed by atoms with E-state index in [1.165, 1.54) is 25.4 Å². The van der Waals surface area contributed by atoms with Crippen molar-refractivity contribution in [1.82, 2.24) is 54.8 Å². The molecule has 23 nitrogen and oxygen atoms in total. The van der Waals surface area contributed by atoms with Gasteiger partial charge in [-0.25, -0.2) is 39.5 Å². The molecule has 446 valence electrons. The molecule has 4 aromatic rings. The van der Waals surface area contributed by atoms with Gasteiger partial charge in [0.25, 0.3) is 11.8 Å². The second-order valence-electron chi connectivity index (χ2n) is 22.7. The van der Waals surface area contributed by atoms with Crippen molar-refractivity contribution in [3.8, 4) is 0 Å². The number of aromatic nitrogens is 6. The number of nitrogen functional groups attached to an aromatic ring is 2. The molecule has 0 bridgehead atoms. The van der Waals surface area contributed by atoms with Crippen LogP contribution in [0, 0.1) is 13.8 Å². The van der Waals surface area contributed by atoms with Crippen molar-refractivity contribution in [2.45, 2.75) is 162 Å². The molecule has 4 aliphatic heterocycles. The van der Waals surface area contributed by atoms with Gasteiger partial charge in [-0.1, -0.05) is 37.0 Å². The molecule has 0 spiro atoms. The van der Waals surface area contributed by atoms with Gasteiger partial charge in [-0.2, -0.15) is 0 Å². The number of pyridine rings is 2. The van der Waals surface area contributed by atoms with Gasteiger partial charge in [-0.05, 0) is 124 Å². The second-order valence-corrected chi connectivity index (χ2v) is 23.5. The summed E-state index contributed by atoms with van der Waals surface area (Å²) < 4.78 is 10.3. The number of carbonyl (C=O) groups excluding carboxylic acids is 5. The number of carboxylic acids is 1. The van der Waals surface area contributed by atoms with Gasteiger partial charge in [0.2, 0.25) is 0 Å². The molecule has 0 unspecified atom stereocenters. The van der Waals surface area contributed by atoms with Gasteiger partial charge in [0.15, 0.2) is 5.69 Å². The molecular weight excluding hydrogens is 1100 g/mol. The second kappa shape index (κ2) is 29.1. The third-order valence-electron chi connectivity index (χ3n) is 15.7. The number of nitrogens with one attached hydrogen (secondary N) is 1. The number of carboxylic acid groups (broad SMARTS) is 1. The van der Waals surface area contributed by atoms with Crippen LogP contribution in [0.25, 0.3) is 0 Å². The van der Waals surface area contributed by atoms with Crippen molar-refractivity contribution in [3.63, 3.8) is 0 Å². The molecule has 4 saturated heterocycles. The van der Waals surface area contributed by atoms with Gasteiger partial charge in [0, 0.05) is 100 Å². The van der Waals surface area contributed by atoms with Crippen molar-refractivity contribution >= 4 is 76.3 Å². The Morgan fingerprint density at radius 2 is 1.12 bits per heavy atom. The Morgan fingerprint density at radius 1 is 0.675 bits per heavy atom. The number of nitrogens with two attached hydrogens (primary N) is 2. The zero-order chi connectivity index (χ0) is 59.7. The standard InChI is InChI=1S/C27H37ClN8O2.C24H39N5O4.C6H5ClN2O2.Li/c1-4-19-15-35(25-17(3)31-22(13-30-25)26(37)32-18-5-6-18)16(2)14-36(19)20-9-11-34(12-10-20)27(38)21-7-8-23(28)33-24(21)29;1-8-18-15-28(21-17(3)26-20(13-25-21)22(30)32-7)16(2)14-29(18)19-9-11-27(12-10-19)23(31)33-24(4,5)6;7-4-2-1-3(6(10)11)5(8)9-4;/h7-8,13,16,18-20H,4-6,9-12,14-15H2,1-3H3,(H2,29,33)(H,32,37);13,16,18-19H,8-12,14-15H2,1-7H3;1-2H,(H2,8,9)(H,10,11);/q;;;+1/p-1/t16-,19+;16-,18+;;/m11../s1. The SMILES string of the molecule is CC[C@H]1CN(c2ncc(C(=O)NC3CC3)nc2C)[C@H](C)CN1C1CCN(C(=O)c2ccc(Cl)nc2N)CC1.CC[C@H]1CN(c2ncc(C(=O)OC)nc2C)[C@H](C)CN1C1CCN(C(=O)OC(C)(C)C)CC1.Nc1nc(Cl)ccc1C(=O)[O-].[Li+]. The Hall–Kier alpha value is -6.09. The number of piperazine rings is 2. The molecule has 0 radical (unpaired) electrons. The van der Waals surface area contributed by atoms with Crippen molar-refractivity contribution in [3.05, 3.63) is 80.9 Å². The van der Waals surface area contributed by atoms with Crippen molar-refractivity contribution in [1.29, 1.82) is 0 Å². The number of hydrogen-bond acceptors (Lipinski definition) is 20. The predicted octanol–water partition coefficient (Wildman–Crippen LogP) is 2.85. The van der Waals surface area contributed by atoms with Crippen LogP contribution in [0.3, 0.4) is 0 Å². The van der Waals surface area contributed by atoms with Crippen LogP contribution in [-0.2, 0) is 9.47 Å². The minimum absolute atomic E-state index is 0. The zero-order valence-electron chi connectivity index (χ0n) is 49.9. The molecule has 83 heavy (non-hydrogen) atoms. The fourth-order valence-electron chi connectivity index (χ4n) is 11.2. The molecule has 1 aliphatic carbocycles. The number of carbonyl (C=O) groups is 5. The normalized spacial score (nSPS) is 20.9. The summed E-state index contributed by atoms with van der Waals surface area (Å²) >= 11 is 11.3. The summed E-state index contributed by atoms with van der Waals surface area (Å²) in [5.74, 6) is -0.322. The molecule has 3 amide bonds. The van der Waals surface area contributed by atoms with Crippen LogP contribution in [-0.4, -0.2) is 187 Å². The van der Waals surface area contributed by atoms with Crippen LogP contribution in [0.15, 0.2) is 36.7 Å². The van der Waals surface area contributed by atoms with Crippen LogP contribution < -0.4 is 50.6 Å². The van der Waals surface area contributed by atoms with Crippen LogP contribution >= 0.6 is 23.2 Å². The first-order chi connectivity index (χ1) is 38.9. The van der Waals surface area contributed by atoms with Crippen LogP contribution in [0.4, 0.5) is 28.1 Å². The van der Waals surface area contributed by atoms with E-state index in [1.807, 2.05) is 44.4 Å². The third kappa shape index (κ3) is 17.1. The van der Waals surface area contributed by atoms with Crippen molar-refractivity contribution < 1.29 is 57.4 Å². The van der Waals surface area contributed by atoms with E-state index in [9.17, 15) is 29.1 Å². The van der Waals surface area contributed by atoms with E-state index in [0.717, 1.165) is 114 Å². The molecule has 26 heteroatoms. The molecule has 1 saturated carbocycles. The summed E-state index contributed by atoms with van der Waals surface area (Å²) in [6, 6.07) is 8.27. The van der Waals surface area contributed by atoms with E-state index in [-0.39, 0.29) is 82.1 Å². The number of aryl methyl sites for hydroxylation is 2. The number of likely N-dealkylation sites (tertiary alicyclic amines) is 2. The van der Waals surface area contributed by atoms with Gasteiger partial charge in [-0.3, -0.25) is 19.4 Å². The summed E-state index contributed by atoms with van der Waals surface area (Å²) in [4.78, 5) is 99.4. The maximum absolute atomic E-state index is 13.0. The van der Waals surface area contributed by atoms with E-state index in [2.05, 4.69) is 77.5 Å². The largest absolute Gasteiger partial charge is 1.00 e. The van der Waals surface area contributed by atoms with Crippen molar-refractivity contribution in [2.24, 2.45) is 0 Å². The zero-order valence-corrected chi connectivity index (χ0v) is 51.4. The average Bonchev–Trinajstić information content (AvgIpc) is 4.36. The molecule has 5 fully saturated rings. The minimum atomic E-state index is -1.35. The summed E-state index contributed by atoms with van der Waals surface area (Å²) in [5.41, 5.74) is 13.1. The molecule has 0 aromatic carbocycles. The molecule has 4 aromatic heterocycles. The molecule has 5 N–H and O–H groups in total. The first-order valence-electron chi connectivity index (χ1n) is 28.3. The summed E-state index contributed by atoms with van der Waals surface area (Å²) in [6.45, 7) is 24.8. The van der Waals surface area contributed by atoms with Gasteiger partial charge < -0.3 is 55.8 Å². The average molecular weight is 1180 g/mol. The summed E-state index contributed by atoms with van der Waals surface area (Å²) in [7, 11) is 1.35. The Balaban J connectivity index is 0.000000225. The Bertz CT molecular complexity index is 2920. The Labute approximate surface area is 509 Å². The maximum atomic E-state index is 13.0. The fraction of sp³-hybridized carbons (Fsp3) is 0.596. The predicted molar refractivity (Wildman–Crippen MR) is 312 cm³/mol. The number of ether oxygens (including phenoxy) is 2. The number of aromatic carboxylic acids is 1. The van der Waals surface area contributed by atoms with Gasteiger partial charge in [-0.15, -0.1) is 0 Å². The van der Waals surface area contributed by atoms with E-state index in [0.29, 0.717) is 54.6 Å². The molecule has 8 heterocycles. The molecule has 5 aliphatic rings. The monoisotopic (exact) mass is 1180 g/mol. The number of halogens is 2. The number of amides is 3. The van der Waals surface area contributed by atoms with Crippen LogP contribution in [0.1, 0.15) is 153 Å². The number of piperidine rings is 2. The Morgan fingerprint density at radius 3 is 1.53 bits per heavy atom. The number of nitrogens with zero attached hydrogens (tertiary/aromatic N) is 12. The summed E-state index contributed by atoms with van der Waals surface area (Å²) in [6.07, 6.45) is 10.8. The maximum Gasteiger partial charge on any atom is 1.00 e. The number of rotatable bonds is 11. The van der Waals surface area contributed by atoms with Gasteiger partial charge >= 0.3 is 30.9 Å². The Kier molecular flexibility index (Phi) is 23.2. The van der Waals surface area contributed by atoms with Gasteiger partial charge in [0.1, 0.15) is 44.9 Å².